The van der Waals surface area contributed by atoms with Gasteiger partial charge in [0.15, 0.2) is 5.16 Å². The molecule has 2 aromatic carbocycles. The maximum atomic E-state index is 13.1. The van der Waals surface area contributed by atoms with Gasteiger partial charge in [0.05, 0.1) is 14.7 Å². The third-order valence-corrected chi connectivity index (χ3v) is 8.49. The van der Waals surface area contributed by atoms with Crippen LogP contribution in [-0.4, -0.2) is 69.8 Å². The molecule has 2 heterocycles. The molecule has 0 bridgehead atoms. The largest absolute Gasteiger partial charge is 0.336 e. The highest BCUT2D eigenvalue weighted by Gasteiger charge is 2.32. The van der Waals surface area contributed by atoms with E-state index in [4.69, 9.17) is 0 Å². The van der Waals surface area contributed by atoms with E-state index in [0.717, 1.165) is 17.3 Å². The van der Waals surface area contributed by atoms with Crippen molar-refractivity contribution in [1.29, 1.82) is 0 Å². The summed E-state index contributed by atoms with van der Waals surface area (Å²) >= 11 is 1.04. The number of nitrogens with zero attached hydrogens (tertiary/aromatic N) is 5. The van der Waals surface area contributed by atoms with Crippen molar-refractivity contribution in [3.8, 4) is 0 Å². The molecule has 1 saturated heterocycles. The fourth-order valence-electron chi connectivity index (χ4n) is 3.67. The lowest BCUT2D eigenvalue weighted by molar-refractivity contribution is -0.387. The van der Waals surface area contributed by atoms with Crippen LogP contribution in [-0.2, 0) is 10.0 Å². The molecular weight excluding hydrogens is 480 g/mol. The molecule has 1 fully saturated rings. The number of amides is 1. The average Bonchev–Trinajstić information content (AvgIpc) is 3.33. The Morgan fingerprint density at radius 1 is 1.12 bits per heavy atom. The Balaban J connectivity index is 1.48. The number of carbonyl (C=O) groups is 1. The SMILES string of the molecule is Cc1ccc(C)c(S(=O)(=O)N2CCN(C(=O)c3ccc(Sc4ncn[nH]4)c([N+](=O)[O-])c3)CC2)c1. The van der Waals surface area contributed by atoms with Gasteiger partial charge >= 0.3 is 0 Å². The topological polar surface area (TPSA) is 142 Å². The summed E-state index contributed by atoms with van der Waals surface area (Å²) in [6.07, 6.45) is 1.30. The van der Waals surface area contributed by atoms with Crippen LogP contribution in [0.3, 0.4) is 0 Å². The van der Waals surface area contributed by atoms with Gasteiger partial charge in [0.2, 0.25) is 10.0 Å². The van der Waals surface area contributed by atoms with Crippen LogP contribution in [0.5, 0.6) is 0 Å². The minimum atomic E-state index is -3.69. The molecule has 0 radical (unpaired) electrons. The van der Waals surface area contributed by atoms with Crippen LogP contribution in [0.25, 0.3) is 0 Å². The van der Waals surface area contributed by atoms with Crippen molar-refractivity contribution in [2.75, 3.05) is 26.2 Å². The number of H-pyrrole nitrogens is 1. The summed E-state index contributed by atoms with van der Waals surface area (Å²) in [7, 11) is -3.69. The lowest BCUT2D eigenvalue weighted by Crippen LogP contribution is -2.50. The lowest BCUT2D eigenvalue weighted by Gasteiger charge is -2.34. The minimum absolute atomic E-state index is 0.142. The summed E-state index contributed by atoms with van der Waals surface area (Å²) in [5, 5.41) is 18.3. The van der Waals surface area contributed by atoms with E-state index in [-0.39, 0.29) is 48.2 Å². The number of piperazine rings is 1. The number of sulfonamides is 1. The maximum Gasteiger partial charge on any atom is 0.284 e. The molecule has 0 spiro atoms. The van der Waals surface area contributed by atoms with Crippen molar-refractivity contribution in [2.24, 2.45) is 0 Å². The quantitative estimate of drug-likeness (QED) is 0.400. The van der Waals surface area contributed by atoms with E-state index >= 15 is 0 Å². The highest BCUT2D eigenvalue weighted by atomic mass is 32.2. The van der Waals surface area contributed by atoms with Crippen LogP contribution in [0.4, 0.5) is 5.69 Å². The lowest BCUT2D eigenvalue weighted by atomic mass is 10.1. The zero-order valence-electron chi connectivity index (χ0n) is 18.5. The van der Waals surface area contributed by atoms with Gasteiger partial charge in [-0.25, -0.2) is 13.4 Å². The molecule has 1 aromatic heterocycles. The molecule has 0 unspecified atom stereocenters. The van der Waals surface area contributed by atoms with Crippen LogP contribution >= 0.6 is 11.8 Å². The van der Waals surface area contributed by atoms with E-state index < -0.39 is 14.9 Å². The highest BCUT2D eigenvalue weighted by molar-refractivity contribution is 7.99. The number of nitro groups is 1. The summed E-state index contributed by atoms with van der Waals surface area (Å²) in [6.45, 7) is 4.25. The molecule has 3 aromatic rings. The van der Waals surface area contributed by atoms with Crippen LogP contribution in [0.1, 0.15) is 21.5 Å². The number of nitro benzene ring substituents is 1. The Hall–Kier alpha value is -3.29. The molecule has 4 rings (SSSR count). The van der Waals surface area contributed by atoms with Crippen molar-refractivity contribution >= 4 is 33.4 Å². The van der Waals surface area contributed by atoms with Crippen LogP contribution in [0.15, 0.2) is 57.7 Å². The fourth-order valence-corrected chi connectivity index (χ4v) is 6.18. The number of rotatable bonds is 6. The van der Waals surface area contributed by atoms with E-state index in [2.05, 4.69) is 15.2 Å². The van der Waals surface area contributed by atoms with Crippen molar-refractivity contribution in [3.05, 3.63) is 69.5 Å². The van der Waals surface area contributed by atoms with E-state index in [1.165, 1.54) is 33.7 Å². The molecular formula is C21H22N6O5S2. The molecule has 0 saturated carbocycles. The van der Waals surface area contributed by atoms with E-state index in [9.17, 15) is 23.3 Å². The number of benzene rings is 2. The van der Waals surface area contributed by atoms with Crippen molar-refractivity contribution in [2.45, 2.75) is 28.8 Å². The number of carbonyl (C=O) groups excluding carboxylic acids is 1. The number of hydrogen-bond acceptors (Lipinski definition) is 8. The summed E-state index contributed by atoms with van der Waals surface area (Å²) < 4.78 is 27.6. The number of aromatic nitrogens is 3. The Labute approximate surface area is 200 Å². The van der Waals surface area contributed by atoms with Crippen molar-refractivity contribution in [1.82, 2.24) is 24.4 Å². The Morgan fingerprint density at radius 2 is 1.85 bits per heavy atom. The molecule has 1 aliphatic heterocycles. The number of aromatic amines is 1. The normalized spacial score (nSPS) is 14.8. The molecule has 0 aliphatic carbocycles. The second-order valence-electron chi connectivity index (χ2n) is 7.80. The van der Waals surface area contributed by atoms with Crippen molar-refractivity contribution < 1.29 is 18.1 Å². The molecule has 178 valence electrons. The van der Waals surface area contributed by atoms with Crippen LogP contribution in [0.2, 0.25) is 0 Å². The van der Waals surface area contributed by atoms with E-state index in [0.29, 0.717) is 15.6 Å². The first-order valence-electron chi connectivity index (χ1n) is 10.3. The van der Waals surface area contributed by atoms with Gasteiger partial charge in [-0.2, -0.15) is 9.40 Å². The highest BCUT2D eigenvalue weighted by Crippen LogP contribution is 2.34. The third kappa shape index (κ3) is 4.81. The number of nitrogens with one attached hydrogen (secondary N) is 1. The second kappa shape index (κ2) is 9.52. The third-order valence-electron chi connectivity index (χ3n) is 5.49. The fraction of sp³-hybridized carbons (Fsp3) is 0.286. The first-order chi connectivity index (χ1) is 16.2. The summed E-state index contributed by atoms with van der Waals surface area (Å²) in [6, 6.07) is 9.55. The zero-order chi connectivity index (χ0) is 24.5. The first kappa shape index (κ1) is 23.9. The Kier molecular flexibility index (Phi) is 6.68. The standard InChI is InChI=1S/C21H22N6O5S2/c1-14-3-4-15(2)19(11-14)34(31,32)26-9-7-25(8-10-26)20(28)16-5-6-18(17(12-16)27(29)30)33-21-22-13-23-24-21/h3-6,11-13H,7-10H2,1-2H3,(H,22,23,24). The predicted octanol–water partition coefficient (Wildman–Crippen LogP) is 2.63. The monoisotopic (exact) mass is 502 g/mol. The van der Waals surface area contributed by atoms with E-state index in [1.807, 2.05) is 13.0 Å². The average molecular weight is 503 g/mol. The molecule has 1 N–H and O–H groups in total. The summed E-state index contributed by atoms with van der Waals surface area (Å²) in [5.41, 5.74) is 1.46. The van der Waals surface area contributed by atoms with Gasteiger partial charge in [-0.15, -0.1) is 0 Å². The molecule has 0 atom stereocenters. The zero-order valence-corrected chi connectivity index (χ0v) is 20.1. The summed E-state index contributed by atoms with van der Waals surface area (Å²) in [5.74, 6) is -0.386. The molecule has 1 aliphatic rings. The number of aryl methyl sites for hydroxylation is 2. The van der Waals surface area contributed by atoms with Gasteiger partial charge in [0, 0.05) is 37.8 Å². The molecule has 13 heteroatoms. The molecule has 34 heavy (non-hydrogen) atoms. The Morgan fingerprint density at radius 3 is 2.50 bits per heavy atom. The summed E-state index contributed by atoms with van der Waals surface area (Å²) in [4.78, 5) is 30.1. The predicted molar refractivity (Wildman–Crippen MR) is 124 cm³/mol. The van der Waals surface area contributed by atoms with Gasteiger partial charge in [0.25, 0.3) is 11.6 Å². The minimum Gasteiger partial charge on any atom is -0.336 e. The van der Waals surface area contributed by atoms with Gasteiger partial charge in [-0.05, 0) is 54.9 Å². The first-order valence-corrected chi connectivity index (χ1v) is 12.6. The smallest absolute Gasteiger partial charge is 0.284 e. The van der Waals surface area contributed by atoms with Gasteiger partial charge in [-0.3, -0.25) is 20.0 Å². The van der Waals surface area contributed by atoms with Gasteiger partial charge in [-0.1, -0.05) is 12.1 Å². The number of hydrogen-bond donors (Lipinski definition) is 1. The Bertz CT molecular complexity index is 1340. The molecule has 1 amide bonds. The van der Waals surface area contributed by atoms with Gasteiger partial charge < -0.3 is 4.90 Å². The van der Waals surface area contributed by atoms with Gasteiger partial charge in [0.1, 0.15) is 6.33 Å². The van der Waals surface area contributed by atoms with Crippen LogP contribution in [0, 0.1) is 24.0 Å². The van der Waals surface area contributed by atoms with Crippen molar-refractivity contribution in [3.63, 3.8) is 0 Å². The van der Waals surface area contributed by atoms with Crippen LogP contribution < -0.4 is 0 Å². The second-order valence-corrected chi connectivity index (χ2v) is 10.7. The van der Waals surface area contributed by atoms with E-state index in [1.54, 1.807) is 19.1 Å². The maximum absolute atomic E-state index is 13.1. The molecule has 11 nitrogen and oxygen atoms in total.